The molecule has 1 N–H and O–H groups in total. The molecule has 4 aromatic rings. The van der Waals surface area contributed by atoms with Crippen LogP contribution in [0.3, 0.4) is 0 Å². The number of aromatic nitrogens is 1. The van der Waals surface area contributed by atoms with Gasteiger partial charge in [0.25, 0.3) is 0 Å². The number of carboxylic acids is 1. The zero-order valence-corrected chi connectivity index (χ0v) is 20.6. The van der Waals surface area contributed by atoms with Gasteiger partial charge in [-0.05, 0) is 91.6 Å². The lowest BCUT2D eigenvalue weighted by Gasteiger charge is -2.22. The van der Waals surface area contributed by atoms with Gasteiger partial charge >= 0.3 is 5.97 Å². The highest BCUT2D eigenvalue weighted by atomic mass is 16.5. The Hall–Kier alpha value is -3.57. The van der Waals surface area contributed by atoms with Crippen LogP contribution in [0.15, 0.2) is 79.0 Å². The van der Waals surface area contributed by atoms with Crippen molar-refractivity contribution in [1.29, 1.82) is 0 Å². The fraction of sp³-hybridized carbons (Fsp3) is 0.323. The van der Waals surface area contributed by atoms with E-state index < -0.39 is 5.97 Å². The van der Waals surface area contributed by atoms with E-state index in [4.69, 9.17) is 14.6 Å². The van der Waals surface area contributed by atoms with Crippen molar-refractivity contribution in [1.82, 2.24) is 4.57 Å². The van der Waals surface area contributed by atoms with Crippen LogP contribution in [-0.4, -0.2) is 35.0 Å². The molecule has 0 bridgehead atoms. The van der Waals surface area contributed by atoms with E-state index in [9.17, 15) is 4.79 Å². The van der Waals surface area contributed by atoms with E-state index in [0.29, 0.717) is 13.0 Å². The molecule has 1 aliphatic heterocycles. The highest BCUT2D eigenvalue weighted by Crippen LogP contribution is 2.29. The average molecular weight is 484 g/mol. The lowest BCUT2D eigenvalue weighted by Crippen LogP contribution is -2.25. The van der Waals surface area contributed by atoms with Gasteiger partial charge < -0.3 is 19.1 Å². The van der Waals surface area contributed by atoms with E-state index in [1.165, 1.54) is 22.9 Å². The normalized spacial score (nSPS) is 15.7. The van der Waals surface area contributed by atoms with Crippen molar-refractivity contribution in [3.8, 4) is 11.4 Å². The second-order valence-electron chi connectivity index (χ2n) is 9.55. The molecule has 5 nitrogen and oxygen atoms in total. The number of carbonyl (C=O) groups is 1. The Morgan fingerprint density at radius 3 is 2.53 bits per heavy atom. The zero-order chi connectivity index (χ0) is 24.7. The molecule has 36 heavy (non-hydrogen) atoms. The Morgan fingerprint density at radius 1 is 0.944 bits per heavy atom. The molecule has 1 aromatic heterocycles. The van der Waals surface area contributed by atoms with Gasteiger partial charge in [0.15, 0.2) is 0 Å². The standard InChI is InChI=1S/C31H33NO4/c33-31(34)18-11-24-10-17-30-29(20-24)25(12-9-23-6-2-1-3-7-23)21-32(30)26-13-15-27(16-14-26)36-22-28-8-4-5-19-35-28/h1-3,6-7,10,13-17,20-21,28H,4-5,8-9,11-12,18-19,22H2,(H,33,34). The maximum atomic E-state index is 11.1. The number of aryl methyl sites for hydroxylation is 3. The minimum absolute atomic E-state index is 0.138. The van der Waals surface area contributed by atoms with Crippen molar-refractivity contribution >= 4 is 16.9 Å². The van der Waals surface area contributed by atoms with Crippen molar-refractivity contribution in [3.05, 3.63) is 95.7 Å². The van der Waals surface area contributed by atoms with Gasteiger partial charge in [-0.3, -0.25) is 4.79 Å². The summed E-state index contributed by atoms with van der Waals surface area (Å²) in [4.78, 5) is 11.1. The highest BCUT2D eigenvalue weighted by molar-refractivity contribution is 5.86. The molecule has 0 amide bonds. The van der Waals surface area contributed by atoms with Crippen molar-refractivity contribution in [2.75, 3.05) is 13.2 Å². The van der Waals surface area contributed by atoms with E-state index in [-0.39, 0.29) is 12.5 Å². The SMILES string of the molecule is O=C(O)CCc1ccc2c(c1)c(CCc1ccccc1)cn2-c1ccc(OCC2CCCCO2)cc1. The van der Waals surface area contributed by atoms with E-state index in [1.54, 1.807) is 0 Å². The molecule has 5 heteroatoms. The van der Waals surface area contributed by atoms with Crippen molar-refractivity contribution in [2.24, 2.45) is 0 Å². The first-order valence-electron chi connectivity index (χ1n) is 12.9. The molecule has 186 valence electrons. The summed E-state index contributed by atoms with van der Waals surface area (Å²) < 4.78 is 14.0. The second kappa shape index (κ2) is 11.4. The van der Waals surface area contributed by atoms with Crippen molar-refractivity contribution in [2.45, 2.75) is 51.0 Å². The van der Waals surface area contributed by atoms with Crippen LogP contribution < -0.4 is 4.74 Å². The summed E-state index contributed by atoms with van der Waals surface area (Å²) in [6.07, 6.45) is 8.36. The average Bonchev–Trinajstić information content (AvgIpc) is 3.29. The number of fused-ring (bicyclic) bond motifs is 1. The third-order valence-electron chi connectivity index (χ3n) is 6.93. The summed E-state index contributed by atoms with van der Waals surface area (Å²) in [6, 6.07) is 25.1. The summed E-state index contributed by atoms with van der Waals surface area (Å²) in [7, 11) is 0. The molecule has 0 aliphatic carbocycles. The maximum Gasteiger partial charge on any atom is 0.303 e. The van der Waals surface area contributed by atoms with Gasteiger partial charge in [-0.1, -0.05) is 36.4 Å². The van der Waals surface area contributed by atoms with Crippen LogP contribution >= 0.6 is 0 Å². The molecule has 1 fully saturated rings. The van der Waals surface area contributed by atoms with Gasteiger partial charge in [0.2, 0.25) is 0 Å². The number of carboxylic acid groups (broad SMARTS) is 1. The predicted octanol–water partition coefficient (Wildman–Crippen LogP) is 6.38. The smallest absolute Gasteiger partial charge is 0.303 e. The first-order valence-corrected chi connectivity index (χ1v) is 12.9. The molecule has 1 atom stereocenters. The first kappa shape index (κ1) is 24.1. The van der Waals surface area contributed by atoms with Gasteiger partial charge in [-0.2, -0.15) is 0 Å². The van der Waals surface area contributed by atoms with Crippen LogP contribution in [0.2, 0.25) is 0 Å². The van der Waals surface area contributed by atoms with Crippen LogP contribution in [0.5, 0.6) is 5.75 Å². The number of nitrogens with zero attached hydrogens (tertiary/aromatic N) is 1. The fourth-order valence-corrected chi connectivity index (χ4v) is 4.92. The molecular weight excluding hydrogens is 450 g/mol. The summed E-state index contributed by atoms with van der Waals surface area (Å²) in [5, 5.41) is 10.3. The van der Waals surface area contributed by atoms with Gasteiger partial charge in [-0.25, -0.2) is 0 Å². The van der Waals surface area contributed by atoms with Gasteiger partial charge in [-0.15, -0.1) is 0 Å². The van der Waals surface area contributed by atoms with Crippen LogP contribution in [0.1, 0.15) is 42.4 Å². The molecule has 1 aliphatic rings. The maximum absolute atomic E-state index is 11.1. The van der Waals surface area contributed by atoms with Crippen LogP contribution in [-0.2, 0) is 28.8 Å². The molecule has 0 saturated carbocycles. The third kappa shape index (κ3) is 5.97. The highest BCUT2D eigenvalue weighted by Gasteiger charge is 2.15. The Bertz CT molecular complexity index is 1290. The zero-order valence-electron chi connectivity index (χ0n) is 20.6. The number of hydrogen-bond acceptors (Lipinski definition) is 3. The van der Waals surface area contributed by atoms with Gasteiger partial charge in [0.05, 0.1) is 11.6 Å². The fourth-order valence-electron chi connectivity index (χ4n) is 4.92. The number of aliphatic carboxylic acids is 1. The Morgan fingerprint density at radius 2 is 1.78 bits per heavy atom. The summed E-state index contributed by atoms with van der Waals surface area (Å²) in [5.41, 5.74) is 5.83. The lowest BCUT2D eigenvalue weighted by atomic mass is 10.0. The molecule has 2 heterocycles. The lowest BCUT2D eigenvalue weighted by molar-refractivity contribution is -0.136. The Balaban J connectivity index is 1.38. The number of rotatable bonds is 10. The Labute approximate surface area is 212 Å². The molecule has 0 radical (unpaired) electrons. The molecule has 5 rings (SSSR count). The first-order chi connectivity index (χ1) is 17.7. The molecule has 1 saturated heterocycles. The number of ether oxygens (including phenoxy) is 2. The summed E-state index contributed by atoms with van der Waals surface area (Å²) >= 11 is 0. The largest absolute Gasteiger partial charge is 0.491 e. The van der Waals surface area contributed by atoms with Crippen molar-refractivity contribution < 1.29 is 19.4 Å². The van der Waals surface area contributed by atoms with E-state index in [1.807, 2.05) is 24.3 Å². The van der Waals surface area contributed by atoms with E-state index in [2.05, 4.69) is 59.3 Å². The minimum atomic E-state index is -0.769. The molecule has 0 spiro atoms. The summed E-state index contributed by atoms with van der Waals surface area (Å²) in [5.74, 6) is 0.0824. The van der Waals surface area contributed by atoms with Gasteiger partial charge in [0, 0.05) is 30.3 Å². The van der Waals surface area contributed by atoms with E-state index >= 15 is 0 Å². The third-order valence-corrected chi connectivity index (χ3v) is 6.93. The van der Waals surface area contributed by atoms with Gasteiger partial charge in [0.1, 0.15) is 12.4 Å². The summed E-state index contributed by atoms with van der Waals surface area (Å²) in [6.45, 7) is 1.42. The second-order valence-corrected chi connectivity index (χ2v) is 9.55. The molecule has 1 unspecified atom stereocenters. The van der Waals surface area contributed by atoms with Crippen LogP contribution in [0.25, 0.3) is 16.6 Å². The molecular formula is C31H33NO4. The molecule has 3 aromatic carbocycles. The predicted molar refractivity (Wildman–Crippen MR) is 142 cm³/mol. The van der Waals surface area contributed by atoms with Crippen LogP contribution in [0, 0.1) is 0 Å². The van der Waals surface area contributed by atoms with Crippen LogP contribution in [0.4, 0.5) is 0 Å². The monoisotopic (exact) mass is 483 g/mol. The number of hydrogen-bond donors (Lipinski definition) is 1. The Kier molecular flexibility index (Phi) is 7.67. The topological polar surface area (TPSA) is 60.7 Å². The quantitative estimate of drug-likeness (QED) is 0.284. The van der Waals surface area contributed by atoms with E-state index in [0.717, 1.165) is 54.8 Å². The van der Waals surface area contributed by atoms with Crippen molar-refractivity contribution in [3.63, 3.8) is 0 Å². The number of benzene rings is 3. The minimum Gasteiger partial charge on any atom is -0.491 e.